The molecule has 17 heavy (non-hydrogen) atoms. The van der Waals surface area contributed by atoms with Crippen molar-refractivity contribution >= 4 is 15.9 Å². The average molecular weight is 317 g/mol. The van der Waals surface area contributed by atoms with Gasteiger partial charge in [0, 0.05) is 10.0 Å². The summed E-state index contributed by atoms with van der Waals surface area (Å²) in [6.07, 6.45) is -6.59. The molecule has 2 nitrogen and oxygen atoms in total. The minimum absolute atomic E-state index is 0.0824. The normalized spacial score (nSPS) is 13.9. The Balaban J connectivity index is 3.19. The maximum atomic E-state index is 13.0. The van der Waals surface area contributed by atoms with E-state index in [1.807, 2.05) is 0 Å². The Hall–Kier alpha value is -0.820. The van der Waals surface area contributed by atoms with Crippen LogP contribution in [0.1, 0.15) is 11.7 Å². The Bertz CT molecular complexity index is 398. The van der Waals surface area contributed by atoms with Crippen molar-refractivity contribution in [1.29, 1.82) is 0 Å². The zero-order valence-corrected chi connectivity index (χ0v) is 10.2. The number of alkyl halides is 4. The van der Waals surface area contributed by atoms with E-state index in [2.05, 4.69) is 15.9 Å². The highest BCUT2D eigenvalue weighted by Crippen LogP contribution is 2.40. The molecule has 0 heterocycles. The topological polar surface area (TPSA) is 29.5 Å². The van der Waals surface area contributed by atoms with Crippen LogP contribution < -0.4 is 4.74 Å². The Labute approximate surface area is 103 Å². The summed E-state index contributed by atoms with van der Waals surface area (Å²) in [6, 6.07) is 3.89. The quantitative estimate of drug-likeness (QED) is 0.863. The third kappa shape index (κ3) is 2.90. The fourth-order valence-electron chi connectivity index (χ4n) is 1.25. The lowest BCUT2D eigenvalue weighted by Gasteiger charge is -2.23. The van der Waals surface area contributed by atoms with E-state index in [9.17, 15) is 22.7 Å². The SMILES string of the molecule is COc1ccc(Br)cc1C(O)C(F)(F)C(F)F. The van der Waals surface area contributed by atoms with Gasteiger partial charge in [0.2, 0.25) is 0 Å². The monoisotopic (exact) mass is 316 g/mol. The van der Waals surface area contributed by atoms with Crippen LogP contribution in [0.4, 0.5) is 17.6 Å². The highest BCUT2D eigenvalue weighted by Gasteiger charge is 2.49. The first kappa shape index (κ1) is 14.2. The number of rotatable bonds is 4. The van der Waals surface area contributed by atoms with E-state index in [1.165, 1.54) is 19.2 Å². The Kier molecular flexibility index (Phi) is 4.37. The smallest absolute Gasteiger partial charge is 0.336 e. The van der Waals surface area contributed by atoms with Crippen molar-refractivity contribution in [1.82, 2.24) is 0 Å². The average Bonchev–Trinajstić information content (AvgIpc) is 2.27. The maximum absolute atomic E-state index is 13.0. The predicted molar refractivity (Wildman–Crippen MR) is 56.6 cm³/mol. The molecular formula is C10H9BrF4O2. The number of aliphatic hydroxyl groups excluding tert-OH is 1. The van der Waals surface area contributed by atoms with E-state index >= 15 is 0 Å². The van der Waals surface area contributed by atoms with Crippen LogP contribution in [0.5, 0.6) is 5.75 Å². The number of halogens is 5. The van der Waals surface area contributed by atoms with Crippen molar-refractivity contribution < 1.29 is 27.4 Å². The number of ether oxygens (including phenoxy) is 1. The fraction of sp³-hybridized carbons (Fsp3) is 0.400. The van der Waals surface area contributed by atoms with Gasteiger partial charge in [0.15, 0.2) is 6.10 Å². The lowest BCUT2D eigenvalue weighted by molar-refractivity contribution is -0.194. The summed E-state index contributed by atoms with van der Waals surface area (Å²) in [5.74, 6) is -4.62. The van der Waals surface area contributed by atoms with Gasteiger partial charge in [0.05, 0.1) is 7.11 Å². The van der Waals surface area contributed by atoms with Crippen molar-refractivity contribution in [2.75, 3.05) is 7.11 Å². The van der Waals surface area contributed by atoms with Crippen LogP contribution in [0.25, 0.3) is 0 Å². The van der Waals surface area contributed by atoms with Crippen LogP contribution in [-0.4, -0.2) is 24.6 Å². The lowest BCUT2D eigenvalue weighted by atomic mass is 10.0. The van der Waals surface area contributed by atoms with Crippen LogP contribution >= 0.6 is 15.9 Å². The Morgan fingerprint density at radius 3 is 2.41 bits per heavy atom. The Morgan fingerprint density at radius 1 is 1.35 bits per heavy atom. The standard InChI is InChI=1S/C10H9BrF4O2/c1-17-7-3-2-5(11)4-6(7)8(16)10(14,15)9(12)13/h2-4,8-9,16H,1H3. The first-order valence-electron chi connectivity index (χ1n) is 4.48. The molecule has 1 aromatic carbocycles. The van der Waals surface area contributed by atoms with Crippen LogP contribution in [0.15, 0.2) is 22.7 Å². The zero-order valence-electron chi connectivity index (χ0n) is 8.63. The number of benzene rings is 1. The molecule has 0 amide bonds. The number of methoxy groups -OCH3 is 1. The van der Waals surface area contributed by atoms with E-state index in [4.69, 9.17) is 4.74 Å². The van der Waals surface area contributed by atoms with Crippen molar-refractivity contribution in [3.63, 3.8) is 0 Å². The first-order valence-corrected chi connectivity index (χ1v) is 5.27. The summed E-state index contributed by atoms with van der Waals surface area (Å²) in [7, 11) is 1.19. The second-order valence-corrected chi connectivity index (χ2v) is 4.18. The first-order chi connectivity index (χ1) is 7.80. The molecule has 0 aliphatic carbocycles. The van der Waals surface area contributed by atoms with Gasteiger partial charge in [-0.25, -0.2) is 8.78 Å². The molecule has 0 spiro atoms. The van der Waals surface area contributed by atoms with Gasteiger partial charge in [-0.3, -0.25) is 0 Å². The van der Waals surface area contributed by atoms with E-state index in [0.29, 0.717) is 4.47 Å². The predicted octanol–water partition coefficient (Wildman–Crippen LogP) is 3.39. The summed E-state index contributed by atoms with van der Waals surface area (Å²) in [5.41, 5.74) is -0.396. The molecule has 96 valence electrons. The molecule has 1 atom stereocenters. The molecule has 0 aliphatic heterocycles. The number of aliphatic hydroxyl groups is 1. The third-order valence-corrected chi connectivity index (χ3v) is 2.64. The van der Waals surface area contributed by atoms with Gasteiger partial charge < -0.3 is 9.84 Å². The Morgan fingerprint density at radius 2 is 1.94 bits per heavy atom. The number of hydrogen-bond acceptors (Lipinski definition) is 2. The van der Waals surface area contributed by atoms with Gasteiger partial charge in [-0.05, 0) is 18.2 Å². The molecule has 0 fully saturated rings. The van der Waals surface area contributed by atoms with Gasteiger partial charge in [0.1, 0.15) is 5.75 Å². The highest BCUT2D eigenvalue weighted by molar-refractivity contribution is 9.10. The van der Waals surface area contributed by atoms with Gasteiger partial charge >= 0.3 is 12.3 Å². The zero-order chi connectivity index (χ0) is 13.2. The molecule has 1 N–H and O–H groups in total. The summed E-state index contributed by atoms with van der Waals surface area (Å²) in [4.78, 5) is 0. The molecule has 1 unspecified atom stereocenters. The van der Waals surface area contributed by atoms with E-state index in [0.717, 1.165) is 6.07 Å². The van der Waals surface area contributed by atoms with Crippen molar-refractivity contribution in [2.45, 2.75) is 18.5 Å². The minimum Gasteiger partial charge on any atom is -0.496 e. The van der Waals surface area contributed by atoms with E-state index in [1.54, 1.807) is 0 Å². The summed E-state index contributed by atoms with van der Waals surface area (Å²) in [5, 5.41) is 9.32. The molecule has 1 rings (SSSR count). The molecular weight excluding hydrogens is 308 g/mol. The van der Waals surface area contributed by atoms with Crippen LogP contribution in [0.2, 0.25) is 0 Å². The number of hydrogen-bond donors (Lipinski definition) is 1. The molecule has 0 aromatic heterocycles. The highest BCUT2D eigenvalue weighted by atomic mass is 79.9. The largest absolute Gasteiger partial charge is 0.496 e. The van der Waals surface area contributed by atoms with Crippen LogP contribution in [0.3, 0.4) is 0 Å². The second-order valence-electron chi connectivity index (χ2n) is 3.26. The molecule has 0 radical (unpaired) electrons. The summed E-state index contributed by atoms with van der Waals surface area (Å²) >= 11 is 3.00. The summed E-state index contributed by atoms with van der Waals surface area (Å²) in [6.45, 7) is 0. The molecule has 0 saturated heterocycles. The van der Waals surface area contributed by atoms with Gasteiger partial charge in [0.25, 0.3) is 0 Å². The lowest BCUT2D eigenvalue weighted by Crippen LogP contribution is -2.34. The molecule has 0 saturated carbocycles. The molecule has 7 heteroatoms. The van der Waals surface area contributed by atoms with Crippen LogP contribution in [0, 0.1) is 0 Å². The van der Waals surface area contributed by atoms with Crippen molar-refractivity contribution in [3.8, 4) is 5.75 Å². The van der Waals surface area contributed by atoms with Gasteiger partial charge in [-0.2, -0.15) is 8.78 Å². The summed E-state index contributed by atoms with van der Waals surface area (Å²) < 4.78 is 55.4. The van der Waals surface area contributed by atoms with E-state index < -0.39 is 24.0 Å². The molecule has 1 aromatic rings. The fourth-order valence-corrected chi connectivity index (χ4v) is 1.62. The van der Waals surface area contributed by atoms with Crippen LogP contribution in [-0.2, 0) is 0 Å². The molecule has 0 aliphatic rings. The van der Waals surface area contributed by atoms with Crippen molar-refractivity contribution in [3.05, 3.63) is 28.2 Å². The second kappa shape index (κ2) is 5.22. The van der Waals surface area contributed by atoms with Gasteiger partial charge in [-0.15, -0.1) is 0 Å². The van der Waals surface area contributed by atoms with E-state index in [-0.39, 0.29) is 5.75 Å². The molecule has 0 bridgehead atoms. The third-order valence-electron chi connectivity index (χ3n) is 2.14. The van der Waals surface area contributed by atoms with Gasteiger partial charge in [-0.1, -0.05) is 15.9 Å². The van der Waals surface area contributed by atoms with Crippen molar-refractivity contribution in [2.24, 2.45) is 0 Å². The maximum Gasteiger partial charge on any atom is 0.336 e. The minimum atomic E-state index is -4.53.